The fourth-order valence-electron chi connectivity index (χ4n) is 5.97. The molecule has 3 aliphatic rings. The van der Waals surface area contributed by atoms with Crippen LogP contribution in [-0.4, -0.2) is 23.8 Å². The minimum Gasteiger partial charge on any atom is -0.373 e. The van der Waals surface area contributed by atoms with Crippen LogP contribution in [0.2, 0.25) is 0 Å². The molecular weight excluding hydrogens is 372 g/mol. The van der Waals surface area contributed by atoms with E-state index in [0.717, 1.165) is 40.7 Å². The van der Waals surface area contributed by atoms with Gasteiger partial charge in [-0.05, 0) is 65.5 Å². The first-order chi connectivity index (χ1) is 14.2. The quantitative estimate of drug-likeness (QED) is 0.641. The van der Waals surface area contributed by atoms with Gasteiger partial charge < -0.3 is 4.74 Å². The third-order valence-corrected chi connectivity index (χ3v) is 7.47. The summed E-state index contributed by atoms with van der Waals surface area (Å²) >= 11 is 0. The number of benzene rings is 2. The number of ether oxygens (including phenoxy) is 1. The number of hydrogen-bond acceptors (Lipinski definition) is 3. The summed E-state index contributed by atoms with van der Waals surface area (Å²) in [6, 6.07) is 13.0. The molecule has 2 saturated heterocycles. The van der Waals surface area contributed by atoms with Crippen LogP contribution in [-0.2, 0) is 19.7 Å². The Morgan fingerprint density at radius 2 is 1.30 bits per heavy atom. The van der Waals surface area contributed by atoms with Crippen LogP contribution in [0.15, 0.2) is 36.4 Å². The van der Waals surface area contributed by atoms with Crippen LogP contribution in [0.4, 0.5) is 0 Å². The summed E-state index contributed by atoms with van der Waals surface area (Å²) in [5, 5.41) is 0. The highest BCUT2D eigenvalue weighted by Gasteiger charge is 2.63. The lowest BCUT2D eigenvalue weighted by molar-refractivity contribution is -0.127. The second-order valence-electron chi connectivity index (χ2n) is 10.4. The molecule has 2 heterocycles. The van der Waals surface area contributed by atoms with Crippen molar-refractivity contribution in [3.05, 3.63) is 58.7 Å². The van der Waals surface area contributed by atoms with E-state index in [2.05, 4.69) is 57.2 Å². The van der Waals surface area contributed by atoms with Crippen molar-refractivity contribution >= 4 is 11.6 Å². The lowest BCUT2D eigenvalue weighted by atomic mass is 9.81. The van der Waals surface area contributed by atoms with Gasteiger partial charge in [0.15, 0.2) is 11.6 Å². The Bertz CT molecular complexity index is 990. The topological polar surface area (TPSA) is 43.4 Å². The van der Waals surface area contributed by atoms with E-state index < -0.39 is 5.92 Å². The maximum Gasteiger partial charge on any atom is 0.154 e. The average molecular weight is 403 g/mol. The Labute approximate surface area is 178 Å². The fourth-order valence-corrected chi connectivity index (χ4v) is 5.97. The van der Waals surface area contributed by atoms with Gasteiger partial charge in [0.25, 0.3) is 0 Å². The molecule has 1 saturated carbocycles. The van der Waals surface area contributed by atoms with Crippen molar-refractivity contribution in [2.45, 2.75) is 71.0 Å². The largest absolute Gasteiger partial charge is 0.373 e. The van der Waals surface area contributed by atoms with Gasteiger partial charge in [0.05, 0.1) is 24.0 Å². The molecule has 2 bridgehead atoms. The highest BCUT2D eigenvalue weighted by atomic mass is 16.5. The van der Waals surface area contributed by atoms with Crippen molar-refractivity contribution in [2.24, 2.45) is 11.8 Å². The van der Waals surface area contributed by atoms with Crippen LogP contribution in [0.5, 0.6) is 0 Å². The van der Waals surface area contributed by atoms with Gasteiger partial charge in [0.1, 0.15) is 5.92 Å². The molecule has 3 nitrogen and oxygen atoms in total. The van der Waals surface area contributed by atoms with Crippen molar-refractivity contribution in [1.29, 1.82) is 0 Å². The third kappa shape index (κ3) is 2.82. The van der Waals surface area contributed by atoms with E-state index in [9.17, 15) is 9.59 Å². The molecule has 0 N–H and O–H groups in total. The molecule has 0 spiro atoms. The van der Waals surface area contributed by atoms with Gasteiger partial charge in [-0.2, -0.15) is 0 Å². The summed E-state index contributed by atoms with van der Waals surface area (Å²) in [6.07, 6.45) is 1.75. The van der Waals surface area contributed by atoms with E-state index in [1.54, 1.807) is 0 Å². The normalized spacial score (nSPS) is 30.2. The molecule has 30 heavy (non-hydrogen) atoms. The van der Waals surface area contributed by atoms with Gasteiger partial charge in [0, 0.05) is 0 Å². The minimum absolute atomic E-state index is 0.0392. The molecule has 1 aliphatic carbocycles. The summed E-state index contributed by atoms with van der Waals surface area (Å²) in [7, 11) is 0. The first-order valence-electron chi connectivity index (χ1n) is 11.1. The standard InChI is InChI=1S/C27H30O3/c1-14-12-17(16-6-8-18(9-7-16)27(3,4)5)13-15(2)21(14)24-25(28)22-19-10-11-20(30-19)23(22)26(24)29/h6-9,12-13,19-20,22-24H,10-11H2,1-5H3/t19?,20?,22-,23+,24?. The van der Waals surface area contributed by atoms with E-state index in [4.69, 9.17) is 4.74 Å². The molecule has 3 heteroatoms. The van der Waals surface area contributed by atoms with Crippen LogP contribution >= 0.6 is 0 Å². The summed E-state index contributed by atoms with van der Waals surface area (Å²) in [5.74, 6) is -0.866. The Kier molecular flexibility index (Phi) is 4.34. The zero-order valence-corrected chi connectivity index (χ0v) is 18.5. The van der Waals surface area contributed by atoms with Crippen LogP contribution in [0.25, 0.3) is 11.1 Å². The molecule has 2 aliphatic heterocycles. The van der Waals surface area contributed by atoms with Crippen LogP contribution in [0.3, 0.4) is 0 Å². The van der Waals surface area contributed by atoms with Gasteiger partial charge in [0.2, 0.25) is 0 Å². The fraction of sp³-hybridized carbons (Fsp3) is 0.481. The van der Waals surface area contributed by atoms with Gasteiger partial charge in [-0.25, -0.2) is 0 Å². The second-order valence-corrected chi connectivity index (χ2v) is 10.4. The third-order valence-electron chi connectivity index (χ3n) is 7.47. The summed E-state index contributed by atoms with van der Waals surface area (Å²) < 4.78 is 5.89. The van der Waals surface area contributed by atoms with Gasteiger partial charge in [-0.15, -0.1) is 0 Å². The number of carbonyl (C=O) groups is 2. The zero-order valence-electron chi connectivity index (χ0n) is 18.5. The van der Waals surface area contributed by atoms with Crippen molar-refractivity contribution in [3.8, 4) is 11.1 Å². The predicted octanol–water partition coefficient (Wildman–Crippen LogP) is 5.30. The number of hydrogen-bond donors (Lipinski definition) is 0. The maximum absolute atomic E-state index is 13.3. The van der Waals surface area contributed by atoms with Gasteiger partial charge in [-0.3, -0.25) is 9.59 Å². The van der Waals surface area contributed by atoms with E-state index in [1.807, 2.05) is 13.8 Å². The Hall–Kier alpha value is -2.26. The van der Waals surface area contributed by atoms with Gasteiger partial charge in [-0.1, -0.05) is 57.2 Å². The number of ketones is 2. The lowest BCUT2D eigenvalue weighted by Crippen LogP contribution is -2.29. The van der Waals surface area contributed by atoms with E-state index in [-0.39, 0.29) is 41.0 Å². The monoisotopic (exact) mass is 402 g/mol. The lowest BCUT2D eigenvalue weighted by Gasteiger charge is -2.20. The molecule has 0 radical (unpaired) electrons. The summed E-state index contributed by atoms with van der Waals surface area (Å²) in [5.41, 5.74) is 6.72. The molecular formula is C27H30O3. The van der Waals surface area contributed by atoms with Crippen molar-refractivity contribution in [1.82, 2.24) is 0 Å². The van der Waals surface area contributed by atoms with Crippen LogP contribution in [0.1, 0.15) is 61.8 Å². The molecule has 2 aromatic carbocycles. The van der Waals surface area contributed by atoms with E-state index >= 15 is 0 Å². The number of rotatable bonds is 2. The Balaban J connectivity index is 1.50. The number of carbonyl (C=O) groups excluding carboxylic acids is 2. The predicted molar refractivity (Wildman–Crippen MR) is 118 cm³/mol. The summed E-state index contributed by atoms with van der Waals surface area (Å²) in [6.45, 7) is 10.7. The molecule has 3 unspecified atom stereocenters. The molecule has 156 valence electrons. The number of aryl methyl sites for hydroxylation is 2. The first kappa shape index (κ1) is 19.7. The van der Waals surface area contributed by atoms with E-state index in [0.29, 0.717) is 0 Å². The zero-order chi connectivity index (χ0) is 21.4. The SMILES string of the molecule is Cc1cc(-c2ccc(C(C)(C)C)cc2)cc(C)c1C1C(=O)[C@@H]2C3CCC(O3)[C@@H]2C1=O. The van der Waals surface area contributed by atoms with Crippen LogP contribution in [0, 0.1) is 25.7 Å². The van der Waals surface area contributed by atoms with Gasteiger partial charge >= 0.3 is 0 Å². The molecule has 3 fully saturated rings. The molecule has 5 atom stereocenters. The highest BCUT2D eigenvalue weighted by molar-refractivity contribution is 6.17. The van der Waals surface area contributed by atoms with Crippen molar-refractivity contribution < 1.29 is 14.3 Å². The van der Waals surface area contributed by atoms with Crippen LogP contribution < -0.4 is 0 Å². The van der Waals surface area contributed by atoms with Crippen molar-refractivity contribution in [3.63, 3.8) is 0 Å². The molecule has 2 aromatic rings. The highest BCUT2D eigenvalue weighted by Crippen LogP contribution is 2.53. The second kappa shape index (κ2) is 6.62. The minimum atomic E-state index is -0.607. The van der Waals surface area contributed by atoms with E-state index in [1.165, 1.54) is 5.56 Å². The molecule has 0 aromatic heterocycles. The number of fused-ring (bicyclic) bond motifs is 5. The number of Topliss-reactive ketones (excluding diaryl/α,β-unsaturated/α-hetero) is 2. The average Bonchev–Trinajstić information content (AvgIpc) is 3.36. The maximum atomic E-state index is 13.3. The Morgan fingerprint density at radius 3 is 1.77 bits per heavy atom. The smallest absolute Gasteiger partial charge is 0.154 e. The first-order valence-corrected chi connectivity index (χ1v) is 11.1. The molecule has 5 rings (SSSR count). The summed E-state index contributed by atoms with van der Waals surface area (Å²) in [4.78, 5) is 26.6. The van der Waals surface area contributed by atoms with Crippen molar-refractivity contribution in [2.75, 3.05) is 0 Å². The Morgan fingerprint density at radius 1 is 0.800 bits per heavy atom. The molecule has 0 amide bonds.